The third-order valence-corrected chi connectivity index (χ3v) is 7.46. The van der Waals surface area contributed by atoms with Crippen molar-refractivity contribution >= 4 is 10.9 Å². The highest BCUT2D eigenvalue weighted by atomic mass is 16.1. The van der Waals surface area contributed by atoms with Crippen LogP contribution in [0, 0.1) is 13.8 Å². The van der Waals surface area contributed by atoms with Gasteiger partial charge in [-0.3, -0.25) is 9.69 Å². The normalized spacial score (nSPS) is 13.0. The smallest absolute Gasteiger partial charge is 0.252 e. The Balaban J connectivity index is 1.80. The number of hydrogen-bond acceptors (Lipinski definition) is 5. The van der Waals surface area contributed by atoms with Gasteiger partial charge < -0.3 is 4.98 Å². The zero-order valence-electron chi connectivity index (χ0n) is 22.4. The Bertz CT molecular complexity index is 1370. The van der Waals surface area contributed by atoms with Gasteiger partial charge in [-0.2, -0.15) is 0 Å². The number of H-pyrrole nitrogens is 1. The molecule has 0 spiro atoms. The lowest BCUT2D eigenvalue weighted by molar-refractivity contribution is 0.145. The summed E-state index contributed by atoms with van der Waals surface area (Å²) < 4.78 is 1.97. The molecule has 0 unspecified atom stereocenters. The fraction of sp³-hybridized carbons (Fsp3) is 0.448. The van der Waals surface area contributed by atoms with Gasteiger partial charge in [0.05, 0.1) is 17.1 Å². The summed E-state index contributed by atoms with van der Waals surface area (Å²) in [6.07, 6.45) is 2.77. The van der Waals surface area contributed by atoms with E-state index in [1.165, 1.54) is 11.1 Å². The second-order valence-corrected chi connectivity index (χ2v) is 10.4. The van der Waals surface area contributed by atoms with Gasteiger partial charge >= 0.3 is 0 Å². The highest BCUT2D eigenvalue weighted by Crippen LogP contribution is 2.31. The highest BCUT2D eigenvalue weighted by molar-refractivity contribution is 5.83. The van der Waals surface area contributed by atoms with Crippen molar-refractivity contribution in [1.82, 2.24) is 30.1 Å². The topological polar surface area (TPSA) is 79.7 Å². The van der Waals surface area contributed by atoms with Crippen molar-refractivity contribution in [3.63, 3.8) is 0 Å². The molecule has 0 saturated heterocycles. The Morgan fingerprint density at radius 1 is 1.06 bits per heavy atom. The summed E-state index contributed by atoms with van der Waals surface area (Å²) in [5.41, 5.74) is 4.88. The lowest BCUT2D eigenvalue weighted by Crippen LogP contribution is -2.36. The van der Waals surface area contributed by atoms with Gasteiger partial charge in [-0.15, -0.1) is 5.10 Å². The summed E-state index contributed by atoms with van der Waals surface area (Å²) >= 11 is 0. The number of aromatic amines is 1. The molecule has 0 fully saturated rings. The van der Waals surface area contributed by atoms with Gasteiger partial charge in [0.2, 0.25) is 0 Å². The molecule has 2 heterocycles. The number of aromatic nitrogens is 5. The number of nitrogens with zero attached hydrogens (tertiary/aromatic N) is 5. The van der Waals surface area contributed by atoms with Gasteiger partial charge in [0.1, 0.15) is 0 Å². The van der Waals surface area contributed by atoms with Gasteiger partial charge in [0, 0.05) is 18.7 Å². The third-order valence-electron chi connectivity index (χ3n) is 7.46. The van der Waals surface area contributed by atoms with Crippen molar-refractivity contribution in [3.8, 4) is 0 Å². The first-order valence-corrected chi connectivity index (χ1v) is 12.9. The van der Waals surface area contributed by atoms with Gasteiger partial charge in [-0.25, -0.2) is 4.68 Å². The zero-order valence-corrected chi connectivity index (χ0v) is 22.4. The fourth-order valence-electron chi connectivity index (χ4n) is 4.73. The molecular formula is C29H38N6O. The monoisotopic (exact) mass is 486 g/mol. The second-order valence-electron chi connectivity index (χ2n) is 10.4. The zero-order chi connectivity index (χ0) is 25.9. The van der Waals surface area contributed by atoms with E-state index in [9.17, 15) is 4.79 Å². The lowest BCUT2D eigenvalue weighted by Gasteiger charge is -2.33. The molecule has 0 aliphatic rings. The molecule has 7 heteroatoms. The van der Waals surface area contributed by atoms with Crippen molar-refractivity contribution < 1.29 is 0 Å². The first kappa shape index (κ1) is 25.8. The van der Waals surface area contributed by atoms with Crippen LogP contribution in [-0.4, -0.2) is 30.1 Å². The minimum absolute atomic E-state index is 0.0362. The first-order chi connectivity index (χ1) is 17.2. The number of fused-ring (bicyclic) bond motifs is 1. The van der Waals surface area contributed by atoms with Crippen molar-refractivity contribution in [2.75, 3.05) is 0 Å². The van der Waals surface area contributed by atoms with Crippen LogP contribution in [0.3, 0.4) is 0 Å². The van der Waals surface area contributed by atoms with E-state index in [1.807, 2.05) is 16.8 Å². The molecule has 0 radical (unpaired) electrons. The molecule has 0 aliphatic carbocycles. The molecular weight excluding hydrogens is 448 g/mol. The van der Waals surface area contributed by atoms with Crippen LogP contribution in [0.5, 0.6) is 0 Å². The molecule has 36 heavy (non-hydrogen) atoms. The summed E-state index contributed by atoms with van der Waals surface area (Å²) in [6, 6.07) is 16.6. The van der Waals surface area contributed by atoms with Gasteiger partial charge in [-0.1, -0.05) is 62.7 Å². The van der Waals surface area contributed by atoms with Crippen molar-refractivity contribution in [2.24, 2.45) is 0 Å². The van der Waals surface area contributed by atoms with Crippen molar-refractivity contribution in [2.45, 2.75) is 85.5 Å². The van der Waals surface area contributed by atoms with Crippen LogP contribution < -0.4 is 5.56 Å². The molecule has 0 bridgehead atoms. The Morgan fingerprint density at radius 3 is 2.50 bits per heavy atom. The average molecular weight is 487 g/mol. The Kier molecular flexibility index (Phi) is 7.69. The first-order valence-electron chi connectivity index (χ1n) is 12.9. The summed E-state index contributed by atoms with van der Waals surface area (Å²) in [5.74, 6) is 0.850. The molecule has 1 N–H and O–H groups in total. The number of nitrogens with one attached hydrogen (secondary N) is 1. The van der Waals surface area contributed by atoms with Crippen molar-refractivity contribution in [1.29, 1.82) is 0 Å². The van der Waals surface area contributed by atoms with Gasteiger partial charge in [0.15, 0.2) is 5.82 Å². The van der Waals surface area contributed by atoms with Crippen LogP contribution in [0.1, 0.15) is 81.1 Å². The van der Waals surface area contributed by atoms with E-state index in [2.05, 4.69) is 103 Å². The predicted octanol–water partition coefficient (Wildman–Crippen LogP) is 5.82. The van der Waals surface area contributed by atoms with E-state index < -0.39 is 0 Å². The maximum absolute atomic E-state index is 13.3. The third kappa shape index (κ3) is 5.26. The largest absolute Gasteiger partial charge is 0.321 e. The van der Waals surface area contributed by atoms with E-state index in [1.54, 1.807) is 0 Å². The van der Waals surface area contributed by atoms with E-state index in [0.717, 1.165) is 47.1 Å². The number of aryl methyl sites for hydroxylation is 2. The summed E-state index contributed by atoms with van der Waals surface area (Å²) in [4.78, 5) is 18.8. The molecule has 2 aromatic heterocycles. The summed E-state index contributed by atoms with van der Waals surface area (Å²) in [6.45, 7) is 14.0. The molecule has 1 atom stereocenters. The minimum atomic E-state index is -0.209. The van der Waals surface area contributed by atoms with Crippen LogP contribution in [0.15, 0.2) is 53.3 Å². The van der Waals surface area contributed by atoms with Crippen molar-refractivity contribution in [3.05, 3.63) is 87.0 Å². The van der Waals surface area contributed by atoms with Crippen LogP contribution >= 0.6 is 0 Å². The Morgan fingerprint density at radius 2 is 1.81 bits per heavy atom. The fourth-order valence-corrected chi connectivity index (χ4v) is 4.73. The van der Waals surface area contributed by atoms with Crippen LogP contribution in [-0.2, 0) is 18.6 Å². The molecule has 4 rings (SSSR count). The maximum atomic E-state index is 13.3. The van der Waals surface area contributed by atoms with Gasteiger partial charge in [0.25, 0.3) is 5.56 Å². The number of rotatable bonds is 10. The van der Waals surface area contributed by atoms with E-state index >= 15 is 0 Å². The van der Waals surface area contributed by atoms with E-state index in [4.69, 9.17) is 0 Å². The standard InChI is InChI=1S/C29H38N6O/c1-7-12-25(27-31-32-33-35(27)29(5,6)8-2)34(18-22-13-10-9-11-14-22)19-24-17-23-16-15-20(3)21(4)26(23)30-28(24)36/h9-11,13-17,25H,7-8,12,18-19H2,1-6H3,(H,30,36)/t25-/m0/s1. The summed E-state index contributed by atoms with van der Waals surface area (Å²) in [5, 5.41) is 14.1. The van der Waals surface area contributed by atoms with Gasteiger partial charge in [-0.05, 0) is 79.1 Å². The number of benzene rings is 2. The molecule has 0 saturated carbocycles. The molecule has 0 amide bonds. The number of hydrogen-bond donors (Lipinski definition) is 1. The maximum Gasteiger partial charge on any atom is 0.252 e. The summed E-state index contributed by atoms with van der Waals surface area (Å²) in [7, 11) is 0. The second kappa shape index (κ2) is 10.7. The highest BCUT2D eigenvalue weighted by Gasteiger charge is 2.31. The molecule has 4 aromatic rings. The lowest BCUT2D eigenvalue weighted by atomic mass is 10.00. The van der Waals surface area contributed by atoms with Crippen LogP contribution in [0.25, 0.3) is 10.9 Å². The Hall–Kier alpha value is -3.32. The Labute approximate surface area is 213 Å². The average Bonchev–Trinajstić information content (AvgIpc) is 3.37. The number of pyridine rings is 1. The SMILES string of the molecule is CCC[C@@H](c1nnnn1C(C)(C)CC)N(Cc1ccccc1)Cc1cc2ccc(C)c(C)c2[nH]c1=O. The van der Waals surface area contributed by atoms with Crippen LogP contribution in [0.4, 0.5) is 0 Å². The van der Waals surface area contributed by atoms with E-state index in [0.29, 0.717) is 13.1 Å². The van der Waals surface area contributed by atoms with E-state index in [-0.39, 0.29) is 17.1 Å². The molecule has 7 nitrogen and oxygen atoms in total. The minimum Gasteiger partial charge on any atom is -0.321 e. The quantitative estimate of drug-likeness (QED) is 0.305. The molecule has 2 aromatic carbocycles. The molecule has 0 aliphatic heterocycles. The van der Waals surface area contributed by atoms with Crippen LogP contribution in [0.2, 0.25) is 0 Å². The predicted molar refractivity (Wildman–Crippen MR) is 145 cm³/mol. The molecule has 190 valence electrons. The number of tetrazole rings is 1.